The summed E-state index contributed by atoms with van der Waals surface area (Å²) in [5.74, 6) is -0.611. The molecule has 0 atom stereocenters. The van der Waals surface area contributed by atoms with Gasteiger partial charge in [0.1, 0.15) is 5.82 Å². The van der Waals surface area contributed by atoms with Crippen molar-refractivity contribution in [2.24, 2.45) is 0 Å². The Bertz CT molecular complexity index is 948. The van der Waals surface area contributed by atoms with E-state index in [-0.39, 0.29) is 0 Å². The molecule has 2 amide bonds. The van der Waals surface area contributed by atoms with Crippen LogP contribution in [0.4, 0.5) is 5.82 Å². The molecule has 138 valence electrons. The Morgan fingerprint density at radius 2 is 1.29 bits per heavy atom. The number of imide groups is 1. The van der Waals surface area contributed by atoms with Gasteiger partial charge in [-0.2, -0.15) is 0 Å². The average Bonchev–Trinajstić information content (AvgIpc) is 2.72. The zero-order valence-corrected chi connectivity index (χ0v) is 15.5. The van der Waals surface area contributed by atoms with E-state index in [2.05, 4.69) is 4.98 Å². The second-order valence-corrected chi connectivity index (χ2v) is 6.19. The first-order valence-corrected chi connectivity index (χ1v) is 8.90. The topological polar surface area (TPSA) is 50.3 Å². The van der Waals surface area contributed by atoms with Gasteiger partial charge in [0.25, 0.3) is 11.8 Å². The minimum atomic E-state index is -0.454. The summed E-state index contributed by atoms with van der Waals surface area (Å²) in [5.41, 5.74) is 2.66. The first-order chi connectivity index (χ1) is 13.6. The molecule has 0 spiro atoms. The normalized spacial score (nSPS) is 11.0. The van der Waals surface area contributed by atoms with Gasteiger partial charge < -0.3 is 0 Å². The largest absolute Gasteiger partial charge is 0.269 e. The van der Waals surface area contributed by atoms with Crippen molar-refractivity contribution in [3.8, 4) is 0 Å². The fourth-order valence-corrected chi connectivity index (χ4v) is 2.59. The lowest BCUT2D eigenvalue weighted by Gasteiger charge is -2.17. The number of pyridine rings is 1. The Hall–Kier alpha value is -3.79. The highest BCUT2D eigenvalue weighted by Gasteiger charge is 2.21. The predicted molar refractivity (Wildman–Crippen MR) is 112 cm³/mol. The third-order valence-electron chi connectivity index (χ3n) is 4.01. The van der Waals surface area contributed by atoms with Crippen LogP contribution in [0.2, 0.25) is 0 Å². The van der Waals surface area contributed by atoms with Gasteiger partial charge in [0, 0.05) is 18.3 Å². The fraction of sp³-hybridized carbons (Fsp3) is 0.0417. The number of aromatic nitrogens is 1. The number of nitrogens with zero attached hydrogens (tertiary/aromatic N) is 2. The molecule has 2 aromatic carbocycles. The molecule has 1 aromatic heterocycles. The first-order valence-electron chi connectivity index (χ1n) is 8.90. The van der Waals surface area contributed by atoms with E-state index in [0.29, 0.717) is 5.82 Å². The fourth-order valence-electron chi connectivity index (χ4n) is 2.59. The number of hydrogen-bond donors (Lipinski definition) is 0. The molecule has 28 heavy (non-hydrogen) atoms. The van der Waals surface area contributed by atoms with E-state index in [1.165, 1.54) is 12.2 Å². The molecule has 3 rings (SSSR count). The van der Waals surface area contributed by atoms with Crippen molar-refractivity contribution in [1.82, 2.24) is 4.98 Å². The molecule has 0 saturated heterocycles. The molecule has 0 saturated carbocycles. The average molecular weight is 368 g/mol. The molecule has 1 heterocycles. The third kappa shape index (κ3) is 5.11. The monoisotopic (exact) mass is 368 g/mol. The van der Waals surface area contributed by atoms with Crippen LogP contribution < -0.4 is 4.90 Å². The Kier molecular flexibility index (Phi) is 6.26. The lowest BCUT2D eigenvalue weighted by molar-refractivity contribution is -0.121. The summed E-state index contributed by atoms with van der Waals surface area (Å²) in [6, 6.07) is 22.4. The first kappa shape index (κ1) is 19.0. The van der Waals surface area contributed by atoms with E-state index in [9.17, 15) is 9.59 Å². The molecule has 4 nitrogen and oxygen atoms in total. The summed E-state index contributed by atoms with van der Waals surface area (Å²) in [5, 5.41) is 0. The van der Waals surface area contributed by atoms with Gasteiger partial charge in [0.05, 0.1) is 0 Å². The maximum Gasteiger partial charge on any atom is 0.259 e. The van der Waals surface area contributed by atoms with Crippen LogP contribution in [0.1, 0.15) is 16.7 Å². The van der Waals surface area contributed by atoms with Crippen LogP contribution in [0.5, 0.6) is 0 Å². The molecular weight excluding hydrogens is 348 g/mol. The highest BCUT2D eigenvalue weighted by atomic mass is 16.2. The smallest absolute Gasteiger partial charge is 0.259 e. The Labute approximate surface area is 164 Å². The number of carbonyl (C=O) groups is 2. The number of rotatable bonds is 5. The van der Waals surface area contributed by atoms with Crippen LogP contribution in [-0.2, 0) is 9.59 Å². The van der Waals surface area contributed by atoms with Crippen LogP contribution in [-0.4, -0.2) is 16.8 Å². The van der Waals surface area contributed by atoms with E-state index in [0.717, 1.165) is 21.6 Å². The van der Waals surface area contributed by atoms with Crippen molar-refractivity contribution in [3.05, 3.63) is 108 Å². The van der Waals surface area contributed by atoms with Crippen LogP contribution >= 0.6 is 0 Å². The van der Waals surface area contributed by atoms with E-state index >= 15 is 0 Å². The van der Waals surface area contributed by atoms with Crippen molar-refractivity contribution >= 4 is 29.8 Å². The summed E-state index contributed by atoms with van der Waals surface area (Å²) in [7, 11) is 0. The predicted octanol–water partition coefficient (Wildman–Crippen LogP) is 4.68. The maximum absolute atomic E-state index is 12.8. The van der Waals surface area contributed by atoms with Crippen molar-refractivity contribution in [3.63, 3.8) is 0 Å². The van der Waals surface area contributed by atoms with Crippen LogP contribution in [0.15, 0.2) is 91.1 Å². The van der Waals surface area contributed by atoms with Crippen molar-refractivity contribution < 1.29 is 9.59 Å². The summed E-state index contributed by atoms with van der Waals surface area (Å²) in [6.07, 6.45) is 7.71. The molecule has 3 aromatic rings. The van der Waals surface area contributed by atoms with E-state index in [1.807, 2.05) is 73.7 Å². The van der Waals surface area contributed by atoms with Gasteiger partial charge in [-0.05, 0) is 47.9 Å². The Balaban J connectivity index is 1.88. The zero-order valence-electron chi connectivity index (χ0n) is 15.5. The Morgan fingerprint density at radius 3 is 1.75 bits per heavy atom. The number of hydrogen-bond acceptors (Lipinski definition) is 3. The maximum atomic E-state index is 12.8. The van der Waals surface area contributed by atoms with E-state index < -0.39 is 11.8 Å². The number of amides is 2. The zero-order chi connectivity index (χ0) is 19.8. The van der Waals surface area contributed by atoms with Crippen LogP contribution in [0, 0.1) is 6.92 Å². The van der Waals surface area contributed by atoms with Gasteiger partial charge >= 0.3 is 0 Å². The SMILES string of the molecule is Cc1ccnc(N(C(=O)/C=C/c2ccccc2)C(=O)/C=C/c2ccccc2)c1. The van der Waals surface area contributed by atoms with Gasteiger partial charge in [0.15, 0.2) is 0 Å². The molecular formula is C24H20N2O2. The number of anilines is 1. The molecule has 0 aliphatic carbocycles. The standard InChI is InChI=1S/C24H20N2O2/c1-19-16-17-25-22(18-19)26(23(27)14-12-20-8-4-2-5-9-20)24(28)15-13-21-10-6-3-7-11-21/h2-18H,1H3/b14-12+,15-13+. The summed E-state index contributed by atoms with van der Waals surface area (Å²) < 4.78 is 0. The highest BCUT2D eigenvalue weighted by molar-refractivity contribution is 6.23. The lowest BCUT2D eigenvalue weighted by atomic mass is 10.2. The van der Waals surface area contributed by atoms with Gasteiger partial charge in [-0.25, -0.2) is 9.88 Å². The molecule has 0 unspecified atom stereocenters. The third-order valence-corrected chi connectivity index (χ3v) is 4.01. The number of aryl methyl sites for hydroxylation is 1. The van der Waals surface area contributed by atoms with Crippen LogP contribution in [0.25, 0.3) is 12.2 Å². The molecule has 0 bridgehead atoms. The second-order valence-electron chi connectivity index (χ2n) is 6.19. The summed E-state index contributed by atoms with van der Waals surface area (Å²) in [6.45, 7) is 1.89. The summed E-state index contributed by atoms with van der Waals surface area (Å²) in [4.78, 5) is 30.9. The molecule has 0 fully saturated rings. The van der Waals surface area contributed by atoms with Gasteiger partial charge in [-0.15, -0.1) is 0 Å². The molecule has 0 aliphatic heterocycles. The quantitative estimate of drug-likeness (QED) is 0.615. The molecule has 0 radical (unpaired) electrons. The summed E-state index contributed by atoms with van der Waals surface area (Å²) >= 11 is 0. The molecule has 0 N–H and O–H groups in total. The second kappa shape index (κ2) is 9.24. The van der Waals surface area contributed by atoms with Crippen molar-refractivity contribution in [2.75, 3.05) is 4.90 Å². The highest BCUT2D eigenvalue weighted by Crippen LogP contribution is 2.15. The molecule has 4 heteroatoms. The van der Waals surface area contributed by atoms with Gasteiger partial charge in [-0.1, -0.05) is 60.7 Å². The minimum absolute atomic E-state index is 0.297. The van der Waals surface area contributed by atoms with Gasteiger partial charge in [0.2, 0.25) is 0 Å². The van der Waals surface area contributed by atoms with Crippen molar-refractivity contribution in [1.29, 1.82) is 0 Å². The number of carbonyl (C=O) groups excluding carboxylic acids is 2. The van der Waals surface area contributed by atoms with E-state index in [4.69, 9.17) is 0 Å². The van der Waals surface area contributed by atoms with Crippen LogP contribution in [0.3, 0.4) is 0 Å². The molecule has 0 aliphatic rings. The van der Waals surface area contributed by atoms with Crippen molar-refractivity contribution in [2.45, 2.75) is 6.92 Å². The lowest BCUT2D eigenvalue weighted by Crippen LogP contribution is -2.35. The minimum Gasteiger partial charge on any atom is -0.269 e. The Morgan fingerprint density at radius 1 is 0.786 bits per heavy atom. The van der Waals surface area contributed by atoms with E-state index in [1.54, 1.807) is 24.4 Å². The van der Waals surface area contributed by atoms with Gasteiger partial charge in [-0.3, -0.25) is 9.59 Å². The number of benzene rings is 2.